The van der Waals surface area contributed by atoms with E-state index >= 15 is 0 Å². The Hall–Kier alpha value is -1.31. The molecule has 1 aromatic carbocycles. The van der Waals surface area contributed by atoms with Crippen LogP contribution in [0.3, 0.4) is 0 Å². The average molecular weight is 243 g/mol. The summed E-state index contributed by atoms with van der Waals surface area (Å²) in [5, 5.41) is 0. The monoisotopic (exact) mass is 243 g/mol. The number of hydrogen-bond acceptors (Lipinski definition) is 2. The Morgan fingerprint density at radius 2 is 1.94 bits per heavy atom. The highest BCUT2D eigenvalue weighted by Gasteiger charge is 2.20. The fraction of sp³-hybridized carbons (Fsp3) is 0.562. The third-order valence-electron chi connectivity index (χ3n) is 4.05. The summed E-state index contributed by atoms with van der Waals surface area (Å²) in [6.45, 7) is 4.42. The molecular formula is C16H21NO. The molecule has 1 aliphatic carbocycles. The Morgan fingerprint density at radius 3 is 2.67 bits per heavy atom. The molecule has 0 unspecified atom stereocenters. The molecule has 0 N–H and O–H groups in total. The summed E-state index contributed by atoms with van der Waals surface area (Å²) in [4.78, 5) is 4.71. The molecule has 0 atom stereocenters. The molecule has 0 saturated heterocycles. The molecule has 2 heteroatoms. The molecule has 96 valence electrons. The van der Waals surface area contributed by atoms with Crippen LogP contribution in [0, 0.1) is 0 Å². The lowest BCUT2D eigenvalue weighted by atomic mass is 9.89. The van der Waals surface area contributed by atoms with Gasteiger partial charge in [-0.2, -0.15) is 0 Å². The first-order valence-electron chi connectivity index (χ1n) is 7.14. The van der Waals surface area contributed by atoms with Gasteiger partial charge in [0.05, 0.1) is 0 Å². The van der Waals surface area contributed by atoms with Gasteiger partial charge in [0.1, 0.15) is 5.52 Å². The molecule has 1 saturated carbocycles. The van der Waals surface area contributed by atoms with E-state index in [1.807, 2.05) is 0 Å². The molecule has 2 nitrogen and oxygen atoms in total. The first-order valence-corrected chi connectivity index (χ1v) is 7.14. The number of benzene rings is 1. The van der Waals surface area contributed by atoms with E-state index in [1.54, 1.807) is 0 Å². The van der Waals surface area contributed by atoms with Crippen LogP contribution in [0.4, 0.5) is 0 Å². The summed E-state index contributed by atoms with van der Waals surface area (Å²) in [6, 6.07) is 6.41. The Balaban J connectivity index is 1.94. The van der Waals surface area contributed by atoms with Gasteiger partial charge in [-0.15, -0.1) is 0 Å². The third kappa shape index (κ3) is 2.16. The van der Waals surface area contributed by atoms with Crippen molar-refractivity contribution in [1.82, 2.24) is 4.98 Å². The SMILES string of the molecule is CC(C)c1ccc2oc(C3CCCCC3)nc2c1. The lowest BCUT2D eigenvalue weighted by molar-refractivity contribution is 0.373. The standard InChI is InChI=1S/C16H21NO/c1-11(2)13-8-9-15-14(10-13)17-16(18-15)12-6-4-3-5-7-12/h8-12H,3-7H2,1-2H3. The fourth-order valence-electron chi connectivity index (χ4n) is 2.85. The molecule has 1 fully saturated rings. The molecule has 0 amide bonds. The van der Waals surface area contributed by atoms with Crippen molar-refractivity contribution in [3.8, 4) is 0 Å². The Bertz CT molecular complexity index is 535. The zero-order chi connectivity index (χ0) is 12.5. The average Bonchev–Trinajstić information content (AvgIpc) is 2.82. The topological polar surface area (TPSA) is 26.0 Å². The number of hydrogen-bond donors (Lipinski definition) is 0. The van der Waals surface area contributed by atoms with Crippen LogP contribution in [0.25, 0.3) is 11.1 Å². The van der Waals surface area contributed by atoms with Crippen LogP contribution >= 0.6 is 0 Å². The van der Waals surface area contributed by atoms with Crippen molar-refractivity contribution in [3.63, 3.8) is 0 Å². The molecule has 18 heavy (non-hydrogen) atoms. The van der Waals surface area contributed by atoms with E-state index < -0.39 is 0 Å². The summed E-state index contributed by atoms with van der Waals surface area (Å²) in [5.74, 6) is 2.06. The molecule has 3 rings (SSSR count). The second kappa shape index (κ2) is 4.75. The second-order valence-corrected chi connectivity index (χ2v) is 5.77. The smallest absolute Gasteiger partial charge is 0.198 e. The van der Waals surface area contributed by atoms with E-state index in [-0.39, 0.29) is 0 Å². The first kappa shape index (κ1) is 11.8. The highest BCUT2D eigenvalue weighted by Crippen LogP contribution is 2.34. The van der Waals surface area contributed by atoms with Crippen LogP contribution in [-0.4, -0.2) is 4.98 Å². The molecule has 1 aliphatic rings. The third-order valence-corrected chi connectivity index (χ3v) is 4.05. The second-order valence-electron chi connectivity index (χ2n) is 5.77. The molecule has 2 aromatic rings. The number of rotatable bonds is 2. The Kier molecular flexibility index (Phi) is 3.11. The van der Waals surface area contributed by atoms with Crippen molar-refractivity contribution in [1.29, 1.82) is 0 Å². The maximum atomic E-state index is 5.93. The minimum absolute atomic E-state index is 0.546. The van der Waals surface area contributed by atoms with Gasteiger partial charge in [0.2, 0.25) is 0 Å². The lowest BCUT2D eigenvalue weighted by Crippen LogP contribution is -2.04. The van der Waals surface area contributed by atoms with Gasteiger partial charge in [0.15, 0.2) is 11.5 Å². The summed E-state index contributed by atoms with van der Waals surface area (Å²) < 4.78 is 5.93. The van der Waals surface area contributed by atoms with Gasteiger partial charge in [-0.05, 0) is 36.5 Å². The van der Waals surface area contributed by atoms with E-state index in [0.29, 0.717) is 11.8 Å². The van der Waals surface area contributed by atoms with E-state index in [1.165, 1.54) is 37.7 Å². The maximum absolute atomic E-state index is 5.93. The van der Waals surface area contributed by atoms with Gasteiger partial charge in [-0.3, -0.25) is 0 Å². The van der Waals surface area contributed by atoms with Crippen LogP contribution in [-0.2, 0) is 0 Å². The fourth-order valence-corrected chi connectivity index (χ4v) is 2.85. The zero-order valence-corrected chi connectivity index (χ0v) is 11.3. The van der Waals surface area contributed by atoms with Crippen molar-refractivity contribution < 1.29 is 4.42 Å². The van der Waals surface area contributed by atoms with Crippen LogP contribution in [0.2, 0.25) is 0 Å². The predicted molar refractivity (Wildman–Crippen MR) is 73.9 cm³/mol. The van der Waals surface area contributed by atoms with Crippen molar-refractivity contribution in [3.05, 3.63) is 29.7 Å². The quantitative estimate of drug-likeness (QED) is 0.742. The van der Waals surface area contributed by atoms with Gasteiger partial charge in [0.25, 0.3) is 0 Å². The minimum Gasteiger partial charge on any atom is -0.440 e. The van der Waals surface area contributed by atoms with Crippen LogP contribution in [0.15, 0.2) is 22.6 Å². The van der Waals surface area contributed by atoms with Gasteiger partial charge >= 0.3 is 0 Å². The predicted octanol–water partition coefficient (Wildman–Crippen LogP) is 5.00. The highest BCUT2D eigenvalue weighted by molar-refractivity contribution is 5.73. The van der Waals surface area contributed by atoms with Crippen molar-refractivity contribution in [2.75, 3.05) is 0 Å². The number of oxazole rings is 1. The maximum Gasteiger partial charge on any atom is 0.198 e. The summed E-state index contributed by atoms with van der Waals surface area (Å²) in [7, 11) is 0. The van der Waals surface area contributed by atoms with E-state index in [2.05, 4.69) is 32.0 Å². The minimum atomic E-state index is 0.546. The zero-order valence-electron chi connectivity index (χ0n) is 11.3. The van der Waals surface area contributed by atoms with Crippen LogP contribution in [0.5, 0.6) is 0 Å². The Morgan fingerprint density at radius 1 is 1.17 bits per heavy atom. The van der Waals surface area contributed by atoms with E-state index in [0.717, 1.165) is 17.0 Å². The molecule has 0 spiro atoms. The largest absolute Gasteiger partial charge is 0.440 e. The van der Waals surface area contributed by atoms with Crippen LogP contribution in [0.1, 0.15) is 69.2 Å². The van der Waals surface area contributed by atoms with Crippen molar-refractivity contribution >= 4 is 11.1 Å². The summed E-state index contributed by atoms with van der Waals surface area (Å²) >= 11 is 0. The van der Waals surface area contributed by atoms with Gasteiger partial charge in [-0.25, -0.2) is 4.98 Å². The lowest BCUT2D eigenvalue weighted by Gasteiger charge is -2.17. The normalized spacial score (nSPS) is 17.7. The van der Waals surface area contributed by atoms with Gasteiger partial charge in [0, 0.05) is 5.92 Å². The molecule has 0 aliphatic heterocycles. The molecule has 0 bridgehead atoms. The molecular weight excluding hydrogens is 222 g/mol. The number of aromatic nitrogens is 1. The van der Waals surface area contributed by atoms with Crippen LogP contribution < -0.4 is 0 Å². The highest BCUT2D eigenvalue weighted by atomic mass is 16.3. The van der Waals surface area contributed by atoms with E-state index in [4.69, 9.17) is 9.40 Å². The van der Waals surface area contributed by atoms with E-state index in [9.17, 15) is 0 Å². The molecule has 0 radical (unpaired) electrons. The number of fused-ring (bicyclic) bond motifs is 1. The van der Waals surface area contributed by atoms with Gasteiger partial charge in [-0.1, -0.05) is 39.2 Å². The first-order chi connectivity index (χ1) is 8.74. The van der Waals surface area contributed by atoms with Crippen molar-refractivity contribution in [2.45, 2.75) is 57.8 Å². The summed E-state index contributed by atoms with van der Waals surface area (Å²) in [5.41, 5.74) is 3.31. The van der Waals surface area contributed by atoms with Crippen molar-refractivity contribution in [2.24, 2.45) is 0 Å². The Labute approximate surface area is 108 Å². The molecule has 1 heterocycles. The molecule has 1 aromatic heterocycles. The van der Waals surface area contributed by atoms with Gasteiger partial charge < -0.3 is 4.42 Å². The summed E-state index contributed by atoms with van der Waals surface area (Å²) in [6.07, 6.45) is 6.49. The number of nitrogens with zero attached hydrogens (tertiary/aromatic N) is 1.